The summed E-state index contributed by atoms with van der Waals surface area (Å²) >= 11 is 0. The number of guanidine groups is 1. The zero-order valence-corrected chi connectivity index (χ0v) is 18.2. The second-order valence-corrected chi connectivity index (χ2v) is 7.94. The molecule has 0 spiro atoms. The molecule has 0 amide bonds. The van der Waals surface area contributed by atoms with Crippen molar-refractivity contribution in [2.45, 2.75) is 78.3 Å². The highest BCUT2D eigenvalue weighted by Crippen LogP contribution is 2.23. The van der Waals surface area contributed by atoms with Gasteiger partial charge in [0, 0.05) is 26.1 Å². The SMILES string of the molecule is CCCCC(CC)CN=C(NCCc1ccco1)NC1CCCn2nc(C)nc21. The van der Waals surface area contributed by atoms with Crippen molar-refractivity contribution in [1.29, 1.82) is 0 Å². The number of nitrogens with one attached hydrogen (secondary N) is 2. The molecule has 1 aliphatic heterocycles. The van der Waals surface area contributed by atoms with Gasteiger partial charge in [0.05, 0.1) is 12.3 Å². The highest BCUT2D eigenvalue weighted by Gasteiger charge is 2.24. The normalized spacial score (nSPS) is 17.8. The lowest BCUT2D eigenvalue weighted by molar-refractivity contribution is 0.396. The first kappa shape index (κ1) is 21.4. The maximum atomic E-state index is 5.45. The van der Waals surface area contributed by atoms with Crippen molar-refractivity contribution in [2.24, 2.45) is 10.9 Å². The van der Waals surface area contributed by atoms with E-state index in [0.717, 1.165) is 62.3 Å². The van der Waals surface area contributed by atoms with Gasteiger partial charge in [-0.15, -0.1) is 0 Å². The summed E-state index contributed by atoms with van der Waals surface area (Å²) in [7, 11) is 0. The molecular formula is C22H36N6O. The molecule has 0 radical (unpaired) electrons. The van der Waals surface area contributed by atoms with E-state index < -0.39 is 0 Å². The van der Waals surface area contributed by atoms with Crippen molar-refractivity contribution in [3.63, 3.8) is 0 Å². The van der Waals surface area contributed by atoms with Gasteiger partial charge in [0.15, 0.2) is 5.96 Å². The molecule has 7 nitrogen and oxygen atoms in total. The fraction of sp³-hybridized carbons (Fsp3) is 0.682. The van der Waals surface area contributed by atoms with Crippen LogP contribution in [0.3, 0.4) is 0 Å². The van der Waals surface area contributed by atoms with Gasteiger partial charge in [0.25, 0.3) is 0 Å². The maximum Gasteiger partial charge on any atom is 0.191 e. The molecule has 2 aromatic heterocycles. The quantitative estimate of drug-likeness (QED) is 0.465. The Hall–Kier alpha value is -2.31. The second kappa shape index (κ2) is 11.0. The summed E-state index contributed by atoms with van der Waals surface area (Å²) in [5, 5.41) is 11.6. The average molecular weight is 401 g/mol. The molecule has 0 fully saturated rings. The summed E-state index contributed by atoms with van der Waals surface area (Å²) in [6, 6.07) is 4.09. The number of hydrogen-bond donors (Lipinski definition) is 2. The standard InChI is InChI=1S/C22H36N6O/c1-4-6-9-18(5-2)16-24-22(23-13-12-19-10-8-15-29-19)26-20-11-7-14-28-21(20)25-17(3)27-28/h8,10,15,18,20H,4-7,9,11-14,16H2,1-3H3,(H2,23,24,26). The first-order valence-electron chi connectivity index (χ1n) is 11.2. The third-order valence-corrected chi connectivity index (χ3v) is 5.59. The van der Waals surface area contributed by atoms with E-state index in [-0.39, 0.29) is 6.04 Å². The molecule has 3 heterocycles. The Labute approximate surface area is 174 Å². The molecule has 29 heavy (non-hydrogen) atoms. The summed E-state index contributed by atoms with van der Waals surface area (Å²) < 4.78 is 7.49. The molecule has 0 saturated heterocycles. The fourth-order valence-electron chi connectivity index (χ4n) is 3.82. The van der Waals surface area contributed by atoms with Crippen LogP contribution in [0.4, 0.5) is 0 Å². The minimum Gasteiger partial charge on any atom is -0.469 e. The number of aliphatic imine (C=N–C) groups is 1. The lowest BCUT2D eigenvalue weighted by Gasteiger charge is -2.25. The predicted octanol–water partition coefficient (Wildman–Crippen LogP) is 4.01. The minimum atomic E-state index is 0.149. The molecule has 0 bridgehead atoms. The summed E-state index contributed by atoms with van der Waals surface area (Å²) in [6.07, 6.45) is 9.62. The molecule has 2 atom stereocenters. The third kappa shape index (κ3) is 6.34. The molecule has 2 unspecified atom stereocenters. The van der Waals surface area contributed by atoms with Crippen LogP contribution in [0.2, 0.25) is 0 Å². The third-order valence-electron chi connectivity index (χ3n) is 5.59. The monoisotopic (exact) mass is 400 g/mol. The Kier molecular flexibility index (Phi) is 8.14. The van der Waals surface area contributed by atoms with E-state index in [1.54, 1.807) is 6.26 Å². The van der Waals surface area contributed by atoms with E-state index in [1.807, 2.05) is 23.7 Å². The first-order valence-corrected chi connectivity index (χ1v) is 11.2. The zero-order chi connectivity index (χ0) is 20.5. The molecule has 0 aromatic carbocycles. The van der Waals surface area contributed by atoms with Gasteiger partial charge in [-0.3, -0.25) is 4.99 Å². The van der Waals surface area contributed by atoms with E-state index in [0.29, 0.717) is 5.92 Å². The first-order chi connectivity index (χ1) is 14.2. The Morgan fingerprint density at radius 3 is 3.07 bits per heavy atom. The molecule has 0 aliphatic carbocycles. The van der Waals surface area contributed by atoms with Gasteiger partial charge in [-0.1, -0.05) is 33.1 Å². The van der Waals surface area contributed by atoms with E-state index in [1.165, 1.54) is 25.7 Å². The van der Waals surface area contributed by atoms with Crippen LogP contribution in [-0.4, -0.2) is 33.8 Å². The summed E-state index contributed by atoms with van der Waals surface area (Å²) in [6.45, 7) is 9.05. The van der Waals surface area contributed by atoms with Crippen LogP contribution in [0.1, 0.15) is 75.8 Å². The highest BCUT2D eigenvalue weighted by atomic mass is 16.3. The van der Waals surface area contributed by atoms with Crippen LogP contribution in [0.5, 0.6) is 0 Å². The number of fused-ring (bicyclic) bond motifs is 1. The van der Waals surface area contributed by atoms with Gasteiger partial charge in [0.1, 0.15) is 17.4 Å². The summed E-state index contributed by atoms with van der Waals surface area (Å²) in [5.74, 6) is 4.34. The van der Waals surface area contributed by atoms with Crippen molar-refractivity contribution in [1.82, 2.24) is 25.4 Å². The van der Waals surface area contributed by atoms with Gasteiger partial charge in [-0.25, -0.2) is 9.67 Å². The van der Waals surface area contributed by atoms with Crippen molar-refractivity contribution in [3.8, 4) is 0 Å². The Balaban J connectivity index is 1.65. The summed E-state index contributed by atoms with van der Waals surface area (Å²) in [5.41, 5.74) is 0. The lowest BCUT2D eigenvalue weighted by atomic mass is 10.00. The number of hydrogen-bond acceptors (Lipinski definition) is 4. The number of rotatable bonds is 10. The number of unbranched alkanes of at least 4 members (excludes halogenated alkanes) is 1. The fourth-order valence-corrected chi connectivity index (χ4v) is 3.82. The van der Waals surface area contributed by atoms with Gasteiger partial charge in [-0.2, -0.15) is 5.10 Å². The molecule has 1 aliphatic rings. The van der Waals surface area contributed by atoms with E-state index in [4.69, 9.17) is 9.41 Å². The Morgan fingerprint density at radius 1 is 1.41 bits per heavy atom. The van der Waals surface area contributed by atoms with Crippen molar-refractivity contribution < 1.29 is 4.42 Å². The topological polar surface area (TPSA) is 80.3 Å². The molecule has 2 aromatic rings. The van der Waals surface area contributed by atoms with E-state index in [9.17, 15) is 0 Å². The van der Waals surface area contributed by atoms with Gasteiger partial charge >= 0.3 is 0 Å². The van der Waals surface area contributed by atoms with Crippen molar-refractivity contribution in [3.05, 3.63) is 35.8 Å². The van der Waals surface area contributed by atoms with Gasteiger partial charge in [-0.05, 0) is 44.2 Å². The minimum absolute atomic E-state index is 0.149. The summed E-state index contributed by atoms with van der Waals surface area (Å²) in [4.78, 5) is 9.60. The predicted molar refractivity (Wildman–Crippen MR) is 116 cm³/mol. The Bertz CT molecular complexity index is 751. The maximum absolute atomic E-state index is 5.45. The zero-order valence-electron chi connectivity index (χ0n) is 18.2. The number of aryl methyl sites for hydroxylation is 2. The molecule has 3 rings (SSSR count). The van der Waals surface area contributed by atoms with Gasteiger partial charge < -0.3 is 15.1 Å². The second-order valence-electron chi connectivity index (χ2n) is 7.94. The number of nitrogens with zero attached hydrogens (tertiary/aromatic N) is 4. The molecule has 7 heteroatoms. The van der Waals surface area contributed by atoms with Crippen molar-refractivity contribution >= 4 is 5.96 Å². The van der Waals surface area contributed by atoms with Crippen LogP contribution >= 0.6 is 0 Å². The Morgan fingerprint density at radius 2 is 2.31 bits per heavy atom. The van der Waals surface area contributed by atoms with E-state index in [2.05, 4.69) is 34.6 Å². The highest BCUT2D eigenvalue weighted by molar-refractivity contribution is 5.80. The molecule has 160 valence electrons. The molecular weight excluding hydrogens is 364 g/mol. The van der Waals surface area contributed by atoms with Crippen LogP contribution in [-0.2, 0) is 13.0 Å². The van der Waals surface area contributed by atoms with Crippen LogP contribution in [0, 0.1) is 12.8 Å². The lowest BCUT2D eigenvalue weighted by Crippen LogP contribution is -2.42. The average Bonchev–Trinajstić information content (AvgIpc) is 3.37. The van der Waals surface area contributed by atoms with Crippen molar-refractivity contribution in [2.75, 3.05) is 13.1 Å². The smallest absolute Gasteiger partial charge is 0.191 e. The van der Waals surface area contributed by atoms with Crippen LogP contribution in [0.15, 0.2) is 27.8 Å². The molecule has 2 N–H and O–H groups in total. The van der Waals surface area contributed by atoms with Gasteiger partial charge in [0.2, 0.25) is 0 Å². The molecule has 0 saturated carbocycles. The number of aromatic nitrogens is 3. The van der Waals surface area contributed by atoms with Crippen LogP contribution in [0.25, 0.3) is 0 Å². The van der Waals surface area contributed by atoms with E-state index >= 15 is 0 Å². The number of furan rings is 1. The largest absolute Gasteiger partial charge is 0.469 e. The van der Waals surface area contributed by atoms with Crippen LogP contribution < -0.4 is 10.6 Å².